The Morgan fingerprint density at radius 2 is 1.82 bits per heavy atom. The lowest BCUT2D eigenvalue weighted by Gasteiger charge is -2.15. The topological polar surface area (TPSA) is 140 Å². The van der Waals surface area contributed by atoms with Gasteiger partial charge in [-0.2, -0.15) is 4.98 Å². The van der Waals surface area contributed by atoms with Crippen molar-refractivity contribution in [3.8, 4) is 28.6 Å². The van der Waals surface area contributed by atoms with E-state index < -0.39 is 23.7 Å². The molecule has 0 saturated heterocycles. The number of nitrogens with one attached hydrogen (secondary N) is 1. The molecule has 0 fully saturated rings. The van der Waals surface area contributed by atoms with E-state index in [1.54, 1.807) is 24.3 Å². The second-order valence-electron chi connectivity index (χ2n) is 8.75. The number of hydrogen-bond acceptors (Lipinski definition) is 9. The lowest BCUT2D eigenvalue weighted by Crippen LogP contribution is -2.42. The fourth-order valence-electron chi connectivity index (χ4n) is 4.37. The number of nitrogens with zero attached hydrogens (tertiary/aromatic N) is 4. The Labute approximate surface area is 230 Å². The highest BCUT2D eigenvalue weighted by Gasteiger charge is 2.23. The predicted octanol–water partition coefficient (Wildman–Crippen LogP) is 3.29. The van der Waals surface area contributed by atoms with Crippen molar-refractivity contribution in [1.29, 1.82) is 0 Å². The molecule has 0 spiro atoms. The minimum absolute atomic E-state index is 0.0383. The van der Waals surface area contributed by atoms with Gasteiger partial charge in [-0.1, -0.05) is 47.1 Å². The summed E-state index contributed by atoms with van der Waals surface area (Å²) in [4.78, 5) is 44.7. The summed E-state index contributed by atoms with van der Waals surface area (Å²) in [5.74, 6) is 0.864. The number of methoxy groups -OCH3 is 1. The molecule has 6 rings (SSSR count). The smallest absolute Gasteiger partial charge is 0.332 e. The van der Waals surface area contributed by atoms with Gasteiger partial charge in [0, 0.05) is 16.7 Å². The highest BCUT2D eigenvalue weighted by Crippen LogP contribution is 2.35. The number of benzene rings is 3. The van der Waals surface area contributed by atoms with Gasteiger partial charge in [-0.05, 0) is 24.3 Å². The van der Waals surface area contributed by atoms with E-state index in [-0.39, 0.29) is 30.1 Å². The number of carbonyl (C=O) groups is 1. The van der Waals surface area contributed by atoms with Crippen molar-refractivity contribution < 1.29 is 23.5 Å². The molecule has 1 aliphatic rings. The van der Waals surface area contributed by atoms with E-state index in [2.05, 4.69) is 15.5 Å². The first kappa shape index (κ1) is 25.2. The van der Waals surface area contributed by atoms with Gasteiger partial charge in [-0.15, -0.1) is 0 Å². The van der Waals surface area contributed by atoms with Crippen LogP contribution in [0, 0.1) is 0 Å². The Morgan fingerprint density at radius 3 is 2.60 bits per heavy atom. The zero-order valence-electron chi connectivity index (χ0n) is 20.9. The molecule has 0 aliphatic carbocycles. The van der Waals surface area contributed by atoms with Crippen molar-refractivity contribution in [2.45, 2.75) is 13.1 Å². The fourth-order valence-corrected chi connectivity index (χ4v) is 4.54. The van der Waals surface area contributed by atoms with Crippen LogP contribution in [-0.4, -0.2) is 39.1 Å². The quantitative estimate of drug-likeness (QED) is 0.317. The number of rotatable bonds is 7. The number of hydrogen-bond donors (Lipinski definition) is 1. The van der Waals surface area contributed by atoms with Crippen molar-refractivity contribution >= 4 is 34.1 Å². The van der Waals surface area contributed by atoms with Crippen LogP contribution < -0.4 is 30.8 Å². The molecule has 1 amide bonds. The third-order valence-corrected chi connectivity index (χ3v) is 6.48. The van der Waals surface area contributed by atoms with E-state index in [0.29, 0.717) is 39.3 Å². The second kappa shape index (κ2) is 10.2. The molecular formula is C27H20ClN5O7. The van der Waals surface area contributed by atoms with Gasteiger partial charge in [-0.25, -0.2) is 4.79 Å². The number of ether oxygens (including phenoxy) is 3. The van der Waals surface area contributed by atoms with Crippen molar-refractivity contribution in [2.75, 3.05) is 19.2 Å². The minimum Gasteiger partial charge on any atom is -0.495 e. The summed E-state index contributed by atoms with van der Waals surface area (Å²) < 4.78 is 23.6. The Hall–Kier alpha value is -5.10. The Kier molecular flexibility index (Phi) is 6.44. The summed E-state index contributed by atoms with van der Waals surface area (Å²) in [6.45, 7) is -0.793. The lowest BCUT2D eigenvalue weighted by atomic mass is 10.2. The van der Waals surface area contributed by atoms with Gasteiger partial charge in [0.15, 0.2) is 11.5 Å². The Balaban J connectivity index is 1.41. The van der Waals surface area contributed by atoms with Crippen molar-refractivity contribution in [2.24, 2.45) is 0 Å². The molecular weight excluding hydrogens is 542 g/mol. The number of amides is 1. The molecule has 0 unspecified atom stereocenters. The zero-order valence-corrected chi connectivity index (χ0v) is 21.7. The van der Waals surface area contributed by atoms with E-state index in [4.69, 9.17) is 30.3 Å². The fraction of sp³-hybridized carbons (Fsp3) is 0.148. The van der Waals surface area contributed by atoms with Crippen LogP contribution in [0.4, 0.5) is 5.69 Å². The van der Waals surface area contributed by atoms with Crippen molar-refractivity contribution in [1.82, 2.24) is 19.3 Å². The summed E-state index contributed by atoms with van der Waals surface area (Å²) in [5.41, 5.74) is -0.154. The maximum atomic E-state index is 13.7. The highest BCUT2D eigenvalue weighted by atomic mass is 35.5. The molecule has 40 heavy (non-hydrogen) atoms. The van der Waals surface area contributed by atoms with Gasteiger partial charge in [0.05, 0.1) is 23.7 Å². The molecule has 3 heterocycles. The summed E-state index contributed by atoms with van der Waals surface area (Å²) in [6, 6.07) is 16.8. The van der Waals surface area contributed by atoms with E-state index in [1.165, 1.54) is 29.9 Å². The third kappa shape index (κ3) is 4.64. The van der Waals surface area contributed by atoms with Crippen LogP contribution in [0.15, 0.2) is 74.8 Å². The van der Waals surface area contributed by atoms with Crippen LogP contribution in [0.1, 0.15) is 5.89 Å². The minimum atomic E-state index is -0.760. The molecule has 1 aliphatic heterocycles. The number of fused-ring (bicyclic) bond motifs is 2. The molecule has 13 heteroatoms. The summed E-state index contributed by atoms with van der Waals surface area (Å²) >= 11 is 6.09. The van der Waals surface area contributed by atoms with Crippen LogP contribution in [0.2, 0.25) is 5.02 Å². The van der Waals surface area contributed by atoms with Gasteiger partial charge in [0.2, 0.25) is 24.4 Å². The molecule has 1 N–H and O–H groups in total. The van der Waals surface area contributed by atoms with Crippen LogP contribution in [-0.2, 0) is 17.9 Å². The lowest BCUT2D eigenvalue weighted by molar-refractivity contribution is -0.116. The average molecular weight is 562 g/mol. The molecule has 0 saturated carbocycles. The second-order valence-corrected chi connectivity index (χ2v) is 9.19. The van der Waals surface area contributed by atoms with Gasteiger partial charge >= 0.3 is 5.69 Å². The zero-order chi connectivity index (χ0) is 27.8. The normalized spacial score (nSPS) is 12.1. The number of halogens is 1. The molecule has 2 aromatic heterocycles. The summed E-state index contributed by atoms with van der Waals surface area (Å²) in [7, 11) is 1.45. The number of carbonyl (C=O) groups excluding carboxylic acids is 1. The predicted molar refractivity (Wildman–Crippen MR) is 144 cm³/mol. The maximum Gasteiger partial charge on any atom is 0.332 e. The monoisotopic (exact) mass is 561 g/mol. The van der Waals surface area contributed by atoms with Crippen LogP contribution in [0.5, 0.6) is 17.2 Å². The van der Waals surface area contributed by atoms with Crippen molar-refractivity contribution in [3.63, 3.8) is 0 Å². The molecule has 5 aromatic rings. The maximum absolute atomic E-state index is 13.7. The number of anilines is 1. The first-order chi connectivity index (χ1) is 19.4. The Bertz CT molecular complexity index is 1880. The average Bonchev–Trinajstić information content (AvgIpc) is 3.62. The largest absolute Gasteiger partial charge is 0.495 e. The van der Waals surface area contributed by atoms with Gasteiger partial charge in [0.1, 0.15) is 18.8 Å². The highest BCUT2D eigenvalue weighted by molar-refractivity contribution is 6.31. The van der Waals surface area contributed by atoms with Crippen molar-refractivity contribution in [3.05, 3.63) is 92.4 Å². The van der Waals surface area contributed by atoms with E-state index in [1.807, 2.05) is 18.2 Å². The molecule has 0 atom stereocenters. The van der Waals surface area contributed by atoms with Crippen LogP contribution in [0.3, 0.4) is 0 Å². The first-order valence-corrected chi connectivity index (χ1v) is 12.4. The van der Waals surface area contributed by atoms with E-state index in [9.17, 15) is 14.4 Å². The molecule has 0 bridgehead atoms. The molecule has 202 valence electrons. The Morgan fingerprint density at radius 1 is 1.05 bits per heavy atom. The summed E-state index contributed by atoms with van der Waals surface area (Å²) in [6.07, 6.45) is 0. The van der Waals surface area contributed by atoms with Crippen LogP contribution >= 0.6 is 11.6 Å². The van der Waals surface area contributed by atoms with E-state index in [0.717, 1.165) is 4.57 Å². The molecule has 3 aromatic carbocycles. The first-order valence-electron chi connectivity index (χ1n) is 12.0. The van der Waals surface area contributed by atoms with E-state index >= 15 is 0 Å². The van der Waals surface area contributed by atoms with Crippen LogP contribution in [0.25, 0.3) is 22.3 Å². The standard InChI is InChI=1S/C27H20ClN5O7/c1-37-20-8-7-16(28)9-18(20)29-23(34)12-32-19-11-22-21(38-14-39-22)10-17(19)26(35)33(27(32)36)13-24-30-25(31-40-24)15-5-3-2-4-6-15/h2-11H,12-14H2,1H3,(H,29,34). The van der Waals surface area contributed by atoms with Gasteiger partial charge in [-0.3, -0.25) is 18.7 Å². The number of aromatic nitrogens is 4. The molecule has 0 radical (unpaired) electrons. The summed E-state index contributed by atoms with van der Waals surface area (Å²) in [5, 5.41) is 7.19. The molecule has 12 nitrogen and oxygen atoms in total. The van der Waals surface area contributed by atoms with Gasteiger partial charge in [0.25, 0.3) is 5.56 Å². The third-order valence-electron chi connectivity index (χ3n) is 6.25. The van der Waals surface area contributed by atoms with Gasteiger partial charge < -0.3 is 24.1 Å². The SMILES string of the molecule is COc1ccc(Cl)cc1NC(=O)Cn1c(=O)n(Cc2nc(-c3ccccc3)no2)c(=O)c2cc3c(cc21)OCO3.